The summed E-state index contributed by atoms with van der Waals surface area (Å²) >= 11 is 0. The SMILES string of the molecule is O=CC1CCN(C2=NS(=O)(=O)c3ccccc32)CC1. The average molecular weight is 278 g/mol. The Morgan fingerprint density at radius 3 is 2.58 bits per heavy atom. The van der Waals surface area contributed by atoms with Crippen molar-refractivity contribution in [2.75, 3.05) is 13.1 Å². The summed E-state index contributed by atoms with van der Waals surface area (Å²) in [6.45, 7) is 1.35. The summed E-state index contributed by atoms with van der Waals surface area (Å²) in [6, 6.07) is 6.88. The van der Waals surface area contributed by atoms with Gasteiger partial charge in [-0.1, -0.05) is 12.1 Å². The van der Waals surface area contributed by atoms with Crippen molar-refractivity contribution >= 4 is 22.1 Å². The molecule has 0 aliphatic carbocycles. The molecule has 1 aromatic carbocycles. The zero-order valence-corrected chi connectivity index (χ0v) is 11.1. The van der Waals surface area contributed by atoms with Gasteiger partial charge in [0.2, 0.25) is 0 Å². The molecule has 6 heteroatoms. The van der Waals surface area contributed by atoms with E-state index in [1.165, 1.54) is 0 Å². The monoisotopic (exact) mass is 278 g/mol. The van der Waals surface area contributed by atoms with Gasteiger partial charge < -0.3 is 9.69 Å². The van der Waals surface area contributed by atoms with Gasteiger partial charge in [-0.15, -0.1) is 4.40 Å². The van der Waals surface area contributed by atoms with Crippen LogP contribution in [0.15, 0.2) is 33.6 Å². The van der Waals surface area contributed by atoms with Gasteiger partial charge in [-0.2, -0.15) is 8.42 Å². The van der Waals surface area contributed by atoms with E-state index < -0.39 is 10.0 Å². The normalized spacial score (nSPS) is 21.9. The Balaban J connectivity index is 1.93. The molecule has 0 amide bonds. The maximum absolute atomic E-state index is 12.0. The van der Waals surface area contributed by atoms with Gasteiger partial charge in [0.25, 0.3) is 10.0 Å². The predicted octanol–water partition coefficient (Wildman–Crippen LogP) is 1.05. The Labute approximate surface area is 112 Å². The van der Waals surface area contributed by atoms with E-state index in [0.29, 0.717) is 24.5 Å². The highest BCUT2D eigenvalue weighted by atomic mass is 32.2. The van der Waals surface area contributed by atoms with Crippen LogP contribution in [-0.4, -0.2) is 38.5 Å². The molecule has 1 aromatic rings. The van der Waals surface area contributed by atoms with Crippen LogP contribution in [0.4, 0.5) is 0 Å². The zero-order chi connectivity index (χ0) is 13.5. The Morgan fingerprint density at radius 1 is 1.21 bits per heavy atom. The number of fused-ring (bicyclic) bond motifs is 1. The number of benzene rings is 1. The van der Waals surface area contributed by atoms with Crippen LogP contribution < -0.4 is 0 Å². The number of aldehydes is 1. The van der Waals surface area contributed by atoms with Crippen molar-refractivity contribution in [2.24, 2.45) is 10.3 Å². The van der Waals surface area contributed by atoms with Crippen LogP contribution in [0, 0.1) is 5.92 Å². The fourth-order valence-corrected chi connectivity index (χ4v) is 3.79. The maximum atomic E-state index is 12.0. The second kappa shape index (κ2) is 4.45. The van der Waals surface area contributed by atoms with Gasteiger partial charge in [0.05, 0.1) is 0 Å². The molecule has 19 heavy (non-hydrogen) atoms. The second-order valence-electron chi connectivity index (χ2n) is 4.85. The van der Waals surface area contributed by atoms with Gasteiger partial charge in [-0.3, -0.25) is 0 Å². The summed E-state index contributed by atoms with van der Waals surface area (Å²) in [7, 11) is -3.55. The van der Waals surface area contributed by atoms with E-state index >= 15 is 0 Å². The molecule has 100 valence electrons. The summed E-state index contributed by atoms with van der Waals surface area (Å²) in [6.07, 6.45) is 2.49. The molecule has 0 N–H and O–H groups in total. The zero-order valence-electron chi connectivity index (χ0n) is 10.3. The Morgan fingerprint density at radius 2 is 1.89 bits per heavy atom. The lowest BCUT2D eigenvalue weighted by Crippen LogP contribution is -2.38. The van der Waals surface area contributed by atoms with Crippen LogP contribution in [0.5, 0.6) is 0 Å². The molecule has 0 saturated carbocycles. The van der Waals surface area contributed by atoms with Crippen LogP contribution in [0.1, 0.15) is 18.4 Å². The van der Waals surface area contributed by atoms with Crippen LogP contribution in [0.2, 0.25) is 0 Å². The number of piperidine rings is 1. The minimum absolute atomic E-state index is 0.0881. The fourth-order valence-electron chi connectivity index (χ4n) is 2.56. The van der Waals surface area contributed by atoms with Gasteiger partial charge in [-0.05, 0) is 25.0 Å². The van der Waals surface area contributed by atoms with Crippen LogP contribution in [-0.2, 0) is 14.8 Å². The second-order valence-corrected chi connectivity index (χ2v) is 6.42. The van der Waals surface area contributed by atoms with Crippen LogP contribution in [0.3, 0.4) is 0 Å². The molecule has 0 atom stereocenters. The van der Waals surface area contributed by atoms with Crippen LogP contribution in [0.25, 0.3) is 0 Å². The number of carbonyl (C=O) groups is 1. The maximum Gasteiger partial charge on any atom is 0.285 e. The van der Waals surface area contributed by atoms with Crippen molar-refractivity contribution in [2.45, 2.75) is 17.7 Å². The molecule has 1 saturated heterocycles. The number of nitrogens with zero attached hydrogens (tertiary/aromatic N) is 2. The molecule has 0 aromatic heterocycles. The molecule has 5 nitrogen and oxygen atoms in total. The molecule has 0 spiro atoms. The van der Waals surface area contributed by atoms with E-state index in [2.05, 4.69) is 4.40 Å². The molecular formula is C13H14N2O3S. The smallest absolute Gasteiger partial charge is 0.285 e. The summed E-state index contributed by atoms with van der Waals surface area (Å²) in [4.78, 5) is 13.0. The standard InChI is InChI=1S/C13H14N2O3S/c16-9-10-5-7-15(8-6-10)13-11-3-1-2-4-12(11)19(17,18)14-13/h1-4,9-10H,5-8H2. The summed E-state index contributed by atoms with van der Waals surface area (Å²) in [5, 5.41) is 0. The van der Waals surface area contributed by atoms with Crippen molar-refractivity contribution in [3.05, 3.63) is 29.8 Å². The van der Waals surface area contributed by atoms with Crippen molar-refractivity contribution in [3.8, 4) is 0 Å². The van der Waals surface area contributed by atoms with Gasteiger partial charge in [-0.25, -0.2) is 0 Å². The third kappa shape index (κ3) is 2.06. The molecule has 0 unspecified atom stereocenters. The minimum Gasteiger partial charge on any atom is -0.355 e. The van der Waals surface area contributed by atoms with Crippen molar-refractivity contribution in [1.29, 1.82) is 0 Å². The van der Waals surface area contributed by atoms with Crippen molar-refractivity contribution < 1.29 is 13.2 Å². The highest BCUT2D eigenvalue weighted by Crippen LogP contribution is 2.29. The number of sulfonamides is 1. The molecule has 2 heterocycles. The lowest BCUT2D eigenvalue weighted by atomic mass is 9.98. The summed E-state index contributed by atoms with van der Waals surface area (Å²) < 4.78 is 27.8. The molecule has 3 rings (SSSR count). The number of hydrogen-bond acceptors (Lipinski definition) is 4. The number of rotatable bonds is 1. The summed E-state index contributed by atoms with van der Waals surface area (Å²) in [5.41, 5.74) is 0.673. The number of amidine groups is 1. The first-order valence-corrected chi connectivity index (χ1v) is 7.70. The average Bonchev–Trinajstić information content (AvgIpc) is 2.72. The Hall–Kier alpha value is -1.69. The van der Waals surface area contributed by atoms with E-state index in [1.807, 2.05) is 11.0 Å². The van der Waals surface area contributed by atoms with Gasteiger partial charge in [0.1, 0.15) is 11.2 Å². The predicted molar refractivity (Wildman–Crippen MR) is 70.5 cm³/mol. The third-order valence-electron chi connectivity index (χ3n) is 3.64. The Bertz CT molecular complexity index is 644. The van der Waals surface area contributed by atoms with Gasteiger partial charge >= 0.3 is 0 Å². The van der Waals surface area contributed by atoms with E-state index in [9.17, 15) is 13.2 Å². The van der Waals surface area contributed by atoms with E-state index in [1.54, 1.807) is 18.2 Å². The van der Waals surface area contributed by atoms with E-state index in [4.69, 9.17) is 0 Å². The molecule has 1 fully saturated rings. The topological polar surface area (TPSA) is 66.8 Å². The highest BCUT2D eigenvalue weighted by Gasteiger charge is 2.32. The third-order valence-corrected chi connectivity index (χ3v) is 4.97. The lowest BCUT2D eigenvalue weighted by molar-refractivity contribution is -0.112. The van der Waals surface area contributed by atoms with Crippen molar-refractivity contribution in [1.82, 2.24) is 4.90 Å². The molecule has 0 radical (unpaired) electrons. The first-order valence-electron chi connectivity index (χ1n) is 6.26. The highest BCUT2D eigenvalue weighted by molar-refractivity contribution is 7.90. The molecule has 2 aliphatic rings. The Kier molecular flexibility index (Phi) is 2.89. The first kappa shape index (κ1) is 12.3. The summed E-state index contributed by atoms with van der Waals surface area (Å²) in [5.74, 6) is 0.616. The molecule has 0 bridgehead atoms. The van der Waals surface area contributed by atoms with Gasteiger partial charge in [0.15, 0.2) is 5.84 Å². The van der Waals surface area contributed by atoms with Gasteiger partial charge in [0, 0.05) is 24.6 Å². The minimum atomic E-state index is -3.55. The van der Waals surface area contributed by atoms with Crippen molar-refractivity contribution in [3.63, 3.8) is 0 Å². The lowest BCUT2D eigenvalue weighted by Gasteiger charge is -2.31. The quantitative estimate of drug-likeness (QED) is 0.720. The number of carbonyl (C=O) groups excluding carboxylic acids is 1. The van der Waals surface area contributed by atoms with Crippen LogP contribution >= 0.6 is 0 Å². The number of hydrogen-bond donors (Lipinski definition) is 0. The number of likely N-dealkylation sites (tertiary alicyclic amines) is 1. The first-order chi connectivity index (χ1) is 9.12. The van der Waals surface area contributed by atoms with E-state index in [0.717, 1.165) is 19.1 Å². The van der Waals surface area contributed by atoms with E-state index in [-0.39, 0.29) is 10.8 Å². The molecular weight excluding hydrogens is 264 g/mol. The largest absolute Gasteiger partial charge is 0.355 e. The fraction of sp³-hybridized carbons (Fsp3) is 0.385. The molecule has 2 aliphatic heterocycles.